The number of primary amides is 1. The third-order valence-corrected chi connectivity index (χ3v) is 7.19. The minimum Gasteiger partial charge on any atom is -0.445 e. The van der Waals surface area contributed by atoms with E-state index in [1.54, 1.807) is 6.92 Å². The van der Waals surface area contributed by atoms with Gasteiger partial charge >= 0.3 is 24.1 Å². The lowest BCUT2D eigenvalue weighted by Crippen LogP contribution is -2.50. The number of aromatic nitrogens is 5. The van der Waals surface area contributed by atoms with E-state index >= 15 is 4.39 Å². The summed E-state index contributed by atoms with van der Waals surface area (Å²) in [6.07, 6.45) is -7.89. The maximum absolute atomic E-state index is 15.2. The molecule has 1 fully saturated rings. The van der Waals surface area contributed by atoms with E-state index in [-0.39, 0.29) is 43.2 Å². The molecule has 0 radical (unpaired) electrons. The maximum Gasteiger partial charge on any atom is 0.460 e. The molecule has 1 unspecified atom stereocenters. The van der Waals surface area contributed by atoms with Crippen LogP contribution in [0.25, 0.3) is 11.3 Å². The molecule has 1 aliphatic rings. The molecule has 3 heterocycles. The average molecular weight is 656 g/mol. The highest BCUT2D eigenvalue weighted by Crippen LogP contribution is 2.52. The number of cyclic esters (lactones) is 1. The molecule has 44 heavy (non-hydrogen) atoms. The predicted octanol–water partition coefficient (Wildman–Crippen LogP) is 4.16. The molecule has 4 rings (SSSR count). The molecule has 22 heteroatoms. The van der Waals surface area contributed by atoms with Gasteiger partial charge in [-0.2, -0.15) is 30.7 Å². The number of hydrogen-bond acceptors (Lipinski definition) is 10. The highest BCUT2D eigenvalue weighted by molar-refractivity contribution is 7.99. The highest BCUT2D eigenvalue weighted by atomic mass is 32.2. The number of halogens is 8. The third-order valence-electron chi connectivity index (χ3n) is 6.07. The van der Waals surface area contributed by atoms with E-state index in [9.17, 15) is 50.4 Å². The van der Waals surface area contributed by atoms with Crippen LogP contribution in [0.2, 0.25) is 0 Å². The monoisotopic (exact) mass is 656 g/mol. The van der Waals surface area contributed by atoms with Gasteiger partial charge in [0.05, 0.1) is 23.6 Å². The van der Waals surface area contributed by atoms with E-state index in [2.05, 4.69) is 20.5 Å². The molecule has 13 nitrogen and oxygen atoms in total. The molecule has 3 aromatic rings. The number of rotatable bonds is 10. The number of tetrazole rings is 1. The van der Waals surface area contributed by atoms with E-state index in [0.29, 0.717) is 23.9 Å². The number of hydrogen-bond donors (Lipinski definition) is 1. The lowest BCUT2D eigenvalue weighted by atomic mass is 10.0. The number of pyridine rings is 1. The minimum atomic E-state index is -6.72. The Hall–Kier alpha value is -4.63. The Morgan fingerprint density at radius 3 is 2.41 bits per heavy atom. The van der Waals surface area contributed by atoms with Crippen molar-refractivity contribution in [3.63, 3.8) is 0 Å². The van der Waals surface area contributed by atoms with Crippen molar-refractivity contribution in [3.05, 3.63) is 51.5 Å². The van der Waals surface area contributed by atoms with Gasteiger partial charge in [0.1, 0.15) is 17.6 Å². The molecule has 0 saturated carbocycles. The number of carbonyl (C=O) groups is 2. The van der Waals surface area contributed by atoms with Gasteiger partial charge in [-0.05, 0) is 35.2 Å². The molecule has 0 aliphatic carbocycles. The first kappa shape index (κ1) is 32.3. The Balaban J connectivity index is 1.79. The van der Waals surface area contributed by atoms with Crippen LogP contribution in [0.4, 0.5) is 45.6 Å². The van der Waals surface area contributed by atoms with Crippen molar-refractivity contribution in [2.24, 2.45) is 5.73 Å². The first-order valence-electron chi connectivity index (χ1n) is 11.9. The predicted molar refractivity (Wildman–Crippen MR) is 129 cm³/mol. The quantitative estimate of drug-likeness (QED) is 0.190. The van der Waals surface area contributed by atoms with Crippen LogP contribution in [0, 0.1) is 15.9 Å². The average Bonchev–Trinajstić information content (AvgIpc) is 3.50. The van der Waals surface area contributed by atoms with Crippen molar-refractivity contribution in [2.45, 2.75) is 47.6 Å². The van der Waals surface area contributed by atoms with Crippen LogP contribution in [-0.4, -0.2) is 78.3 Å². The first-order valence-corrected chi connectivity index (χ1v) is 12.7. The number of nitrogens with zero attached hydrogens (tertiary/aromatic N) is 7. The van der Waals surface area contributed by atoms with Crippen LogP contribution in [0.5, 0.6) is 0 Å². The molecule has 2 N–H and O–H groups in total. The molecule has 2 amide bonds. The fourth-order valence-electron chi connectivity index (χ4n) is 3.92. The summed E-state index contributed by atoms with van der Waals surface area (Å²) in [7, 11) is 0. The SMILES string of the molecule is CC1CN(CCn2nnnc2Sc2c(C(N)=O)cc([N+](=O)[O-])cc2-c2ncc(C(F)(F)C(F)(F)C(F)(F)F)cc2F)C(=O)O1. The molecule has 1 aromatic carbocycles. The van der Waals surface area contributed by atoms with Crippen LogP contribution < -0.4 is 5.73 Å². The Kier molecular flexibility index (Phi) is 8.41. The van der Waals surface area contributed by atoms with Crippen molar-refractivity contribution >= 4 is 29.4 Å². The zero-order chi connectivity index (χ0) is 32.8. The van der Waals surface area contributed by atoms with Gasteiger partial charge in [-0.25, -0.2) is 13.9 Å². The standard InChI is InChI=1S/C22H16F8N8O5S/c1-9-8-36(19(40)43-9)2-3-37-18(33-34-35-37)44-16-12(5-11(38(41)42)6-13(16)17(31)39)15-14(23)4-10(7-32-15)20(24,25)21(26,27)22(28,29)30/h4-7,9H,2-3,8H2,1H3,(H2,31,39). The number of ether oxygens (including phenoxy) is 1. The van der Waals surface area contributed by atoms with Gasteiger partial charge in [-0.1, -0.05) is 0 Å². The van der Waals surface area contributed by atoms with Gasteiger partial charge < -0.3 is 15.4 Å². The summed E-state index contributed by atoms with van der Waals surface area (Å²) >= 11 is 0.473. The van der Waals surface area contributed by atoms with Crippen LogP contribution in [0.3, 0.4) is 0 Å². The van der Waals surface area contributed by atoms with Gasteiger partial charge in [-0.15, -0.1) is 5.10 Å². The number of nitrogens with two attached hydrogens (primary N) is 1. The second kappa shape index (κ2) is 11.5. The number of carbonyl (C=O) groups excluding carboxylic acids is 2. The molecule has 2 aromatic heterocycles. The summed E-state index contributed by atoms with van der Waals surface area (Å²) in [5.74, 6) is -15.8. The second-order valence-corrected chi connectivity index (χ2v) is 10.1. The number of amides is 2. The van der Waals surface area contributed by atoms with Crippen molar-refractivity contribution in [3.8, 4) is 11.3 Å². The van der Waals surface area contributed by atoms with Gasteiger partial charge in [0.15, 0.2) is 0 Å². The highest BCUT2D eigenvalue weighted by Gasteiger charge is 2.73. The Bertz CT molecular complexity index is 1640. The Morgan fingerprint density at radius 2 is 1.86 bits per heavy atom. The molecule has 1 atom stereocenters. The fourth-order valence-corrected chi connectivity index (χ4v) is 4.95. The molecule has 1 saturated heterocycles. The zero-order valence-corrected chi connectivity index (χ0v) is 22.5. The van der Waals surface area contributed by atoms with Gasteiger partial charge in [0, 0.05) is 40.9 Å². The zero-order valence-electron chi connectivity index (χ0n) is 21.7. The van der Waals surface area contributed by atoms with E-state index < -0.39 is 73.7 Å². The molecule has 0 spiro atoms. The fraction of sp³-hybridized carbons (Fsp3) is 0.364. The number of alkyl halides is 7. The number of benzene rings is 1. The van der Waals surface area contributed by atoms with Gasteiger partial charge in [0.2, 0.25) is 11.1 Å². The van der Waals surface area contributed by atoms with Crippen LogP contribution in [0.1, 0.15) is 22.8 Å². The molecule has 1 aliphatic heterocycles. The van der Waals surface area contributed by atoms with Crippen molar-refractivity contribution < 1.29 is 54.4 Å². The topological polar surface area (TPSA) is 172 Å². The maximum atomic E-state index is 15.2. The van der Waals surface area contributed by atoms with Crippen LogP contribution in [0.15, 0.2) is 34.4 Å². The Morgan fingerprint density at radius 1 is 1.18 bits per heavy atom. The normalized spacial score (nSPS) is 15.9. The van der Waals surface area contributed by atoms with E-state index in [1.807, 2.05) is 0 Å². The third kappa shape index (κ3) is 5.92. The summed E-state index contributed by atoms with van der Waals surface area (Å²) in [6, 6.07) is 0.978. The molecular weight excluding hydrogens is 640 g/mol. The summed E-state index contributed by atoms with van der Waals surface area (Å²) in [5.41, 5.74) is -0.00937. The van der Waals surface area contributed by atoms with E-state index in [1.165, 1.54) is 4.90 Å². The number of nitro benzene ring substituents is 1. The van der Waals surface area contributed by atoms with E-state index in [0.717, 1.165) is 4.68 Å². The van der Waals surface area contributed by atoms with Crippen molar-refractivity contribution in [2.75, 3.05) is 13.1 Å². The van der Waals surface area contributed by atoms with Crippen LogP contribution in [-0.2, 0) is 17.2 Å². The Labute approximate surface area is 243 Å². The van der Waals surface area contributed by atoms with Crippen molar-refractivity contribution in [1.29, 1.82) is 0 Å². The van der Waals surface area contributed by atoms with Gasteiger partial charge in [-0.3, -0.25) is 19.9 Å². The van der Waals surface area contributed by atoms with E-state index in [4.69, 9.17) is 10.5 Å². The summed E-state index contributed by atoms with van der Waals surface area (Å²) < 4.78 is 115. The molecular formula is C22H16F8N8O5S. The van der Waals surface area contributed by atoms with Crippen LogP contribution >= 0.6 is 11.8 Å². The van der Waals surface area contributed by atoms with Gasteiger partial charge in [0.25, 0.3) is 5.69 Å². The largest absolute Gasteiger partial charge is 0.460 e. The lowest BCUT2D eigenvalue weighted by molar-refractivity contribution is -0.384. The first-order chi connectivity index (χ1) is 20.3. The number of nitro groups is 1. The molecule has 236 valence electrons. The minimum absolute atomic E-state index is 0.0337. The second-order valence-electron chi connectivity index (χ2n) is 9.12. The van der Waals surface area contributed by atoms with Crippen molar-refractivity contribution in [1.82, 2.24) is 30.1 Å². The number of non-ortho nitro benzene ring substituents is 1. The summed E-state index contributed by atoms with van der Waals surface area (Å²) in [4.78, 5) is 38.9. The summed E-state index contributed by atoms with van der Waals surface area (Å²) in [6.45, 7) is 1.87. The summed E-state index contributed by atoms with van der Waals surface area (Å²) in [5, 5.41) is 22.3. The lowest BCUT2D eigenvalue weighted by Gasteiger charge is -2.28. The smallest absolute Gasteiger partial charge is 0.445 e. The molecule has 0 bridgehead atoms.